The van der Waals surface area contributed by atoms with Gasteiger partial charge in [0, 0.05) is 5.56 Å². The number of nitrogens with zero attached hydrogens (tertiary/aromatic N) is 2. The van der Waals surface area contributed by atoms with Crippen LogP contribution in [0.2, 0.25) is 5.02 Å². The molecule has 0 amide bonds. The van der Waals surface area contributed by atoms with Crippen molar-refractivity contribution in [3.63, 3.8) is 0 Å². The summed E-state index contributed by atoms with van der Waals surface area (Å²) in [6.45, 7) is 2.36. The van der Waals surface area contributed by atoms with Gasteiger partial charge in [-0.05, 0) is 19.1 Å². The van der Waals surface area contributed by atoms with Crippen LogP contribution in [0.4, 0.5) is 0 Å². The van der Waals surface area contributed by atoms with Crippen molar-refractivity contribution in [3.8, 4) is 11.5 Å². The van der Waals surface area contributed by atoms with E-state index in [1.54, 1.807) is 12.1 Å². The molecule has 0 radical (unpaired) electrons. The molecule has 0 aliphatic carbocycles. The lowest BCUT2D eigenvalue weighted by atomic mass is 10.2. The molecule has 0 unspecified atom stereocenters. The van der Waals surface area contributed by atoms with Gasteiger partial charge < -0.3 is 20.9 Å². The Morgan fingerprint density at radius 2 is 2.17 bits per heavy atom. The van der Waals surface area contributed by atoms with Gasteiger partial charge in [-0.25, -0.2) is 0 Å². The highest BCUT2D eigenvalue weighted by atomic mass is 35.5. The summed E-state index contributed by atoms with van der Waals surface area (Å²) in [5.74, 6) is 0.909. The lowest BCUT2D eigenvalue weighted by molar-refractivity contribution is 0.311. The van der Waals surface area contributed by atoms with E-state index in [-0.39, 0.29) is 5.96 Å². The van der Waals surface area contributed by atoms with E-state index >= 15 is 0 Å². The third-order valence-electron chi connectivity index (χ3n) is 1.92. The van der Waals surface area contributed by atoms with Gasteiger partial charge in [0.2, 0.25) is 5.96 Å². The summed E-state index contributed by atoms with van der Waals surface area (Å²) >= 11 is 6.08. The van der Waals surface area contributed by atoms with Gasteiger partial charge in [-0.1, -0.05) is 11.6 Å². The van der Waals surface area contributed by atoms with Crippen LogP contribution >= 0.6 is 11.6 Å². The Hall–Kier alpha value is -1.95. The summed E-state index contributed by atoms with van der Waals surface area (Å²) in [6.07, 6.45) is 1.46. The fraction of sp³-hybridized carbons (Fsp3) is 0.273. The normalized spacial score (nSPS) is 10.4. The maximum absolute atomic E-state index is 6.08. The van der Waals surface area contributed by atoms with Crippen LogP contribution in [0.15, 0.2) is 22.3 Å². The number of halogens is 1. The zero-order valence-electron chi connectivity index (χ0n) is 10.2. The Bertz CT molecular complexity index is 470. The Kier molecular flexibility index (Phi) is 5.26. The van der Waals surface area contributed by atoms with E-state index in [0.717, 1.165) is 0 Å². The Morgan fingerprint density at radius 3 is 2.72 bits per heavy atom. The predicted molar refractivity (Wildman–Crippen MR) is 72.6 cm³/mol. The van der Waals surface area contributed by atoms with Gasteiger partial charge in [-0.2, -0.15) is 5.10 Å². The number of hydrogen-bond acceptors (Lipinski definition) is 4. The minimum atomic E-state index is -0.116. The first-order chi connectivity index (χ1) is 8.58. The van der Waals surface area contributed by atoms with Gasteiger partial charge in [-0.15, -0.1) is 5.10 Å². The summed E-state index contributed by atoms with van der Waals surface area (Å²) in [7, 11) is 1.53. The van der Waals surface area contributed by atoms with E-state index in [1.165, 1.54) is 13.3 Å². The molecular formula is C11H15ClN4O2. The van der Waals surface area contributed by atoms with Crippen LogP contribution < -0.4 is 20.9 Å². The molecule has 98 valence electrons. The van der Waals surface area contributed by atoms with Gasteiger partial charge in [-0.3, -0.25) is 0 Å². The van der Waals surface area contributed by atoms with Crippen molar-refractivity contribution >= 4 is 23.8 Å². The Morgan fingerprint density at radius 1 is 1.44 bits per heavy atom. The third-order valence-corrected chi connectivity index (χ3v) is 2.20. The molecule has 0 fully saturated rings. The van der Waals surface area contributed by atoms with Crippen molar-refractivity contribution in [2.75, 3.05) is 13.7 Å². The van der Waals surface area contributed by atoms with E-state index in [4.69, 9.17) is 32.5 Å². The Labute approximate surface area is 110 Å². The number of methoxy groups -OCH3 is 1. The summed E-state index contributed by atoms with van der Waals surface area (Å²) in [5, 5.41) is 7.61. The van der Waals surface area contributed by atoms with Gasteiger partial charge in [0.25, 0.3) is 0 Å². The van der Waals surface area contributed by atoms with E-state index in [1.807, 2.05) is 6.92 Å². The number of ether oxygens (including phenoxy) is 2. The SMILES string of the molecule is CCOc1c(Cl)cc(/C=N/N=C(N)N)cc1OC. The molecule has 6 nitrogen and oxygen atoms in total. The van der Waals surface area contributed by atoms with E-state index in [9.17, 15) is 0 Å². The maximum atomic E-state index is 6.08. The Balaban J connectivity index is 3.06. The number of nitrogens with two attached hydrogens (primary N) is 2. The number of rotatable bonds is 5. The first-order valence-electron chi connectivity index (χ1n) is 5.20. The van der Waals surface area contributed by atoms with Gasteiger partial charge in [0.1, 0.15) is 0 Å². The van der Waals surface area contributed by atoms with E-state index < -0.39 is 0 Å². The molecule has 0 bridgehead atoms. The molecule has 0 spiro atoms. The van der Waals surface area contributed by atoms with Crippen LogP contribution in [-0.2, 0) is 0 Å². The molecular weight excluding hydrogens is 256 g/mol. The third kappa shape index (κ3) is 3.81. The highest BCUT2D eigenvalue weighted by molar-refractivity contribution is 6.32. The van der Waals surface area contributed by atoms with Gasteiger partial charge in [0.05, 0.1) is 25.0 Å². The predicted octanol–water partition coefficient (Wildman–Crippen LogP) is 1.35. The molecule has 4 N–H and O–H groups in total. The average Bonchev–Trinajstić information content (AvgIpc) is 2.31. The highest BCUT2D eigenvalue weighted by Crippen LogP contribution is 2.35. The summed E-state index contributed by atoms with van der Waals surface area (Å²) in [5.41, 5.74) is 11.0. The molecule has 0 heterocycles. The number of benzene rings is 1. The van der Waals surface area contributed by atoms with Crippen molar-refractivity contribution in [1.29, 1.82) is 0 Å². The quantitative estimate of drug-likeness (QED) is 0.480. The monoisotopic (exact) mass is 270 g/mol. The van der Waals surface area contributed by atoms with Crippen LogP contribution in [0.5, 0.6) is 11.5 Å². The molecule has 1 rings (SSSR count). The average molecular weight is 271 g/mol. The molecule has 7 heteroatoms. The molecule has 0 saturated heterocycles. The fourth-order valence-corrected chi connectivity index (χ4v) is 1.53. The van der Waals surface area contributed by atoms with Gasteiger partial charge >= 0.3 is 0 Å². The first-order valence-corrected chi connectivity index (χ1v) is 5.58. The van der Waals surface area contributed by atoms with Crippen LogP contribution in [-0.4, -0.2) is 25.9 Å². The molecule has 0 saturated carbocycles. The summed E-state index contributed by atoms with van der Waals surface area (Å²) in [6, 6.07) is 3.41. The molecule has 18 heavy (non-hydrogen) atoms. The fourth-order valence-electron chi connectivity index (χ4n) is 1.26. The largest absolute Gasteiger partial charge is 0.493 e. The van der Waals surface area contributed by atoms with Gasteiger partial charge in [0.15, 0.2) is 11.5 Å². The van der Waals surface area contributed by atoms with Crippen molar-refractivity contribution in [1.82, 2.24) is 0 Å². The minimum absolute atomic E-state index is 0.116. The van der Waals surface area contributed by atoms with Crippen LogP contribution in [0.1, 0.15) is 12.5 Å². The van der Waals surface area contributed by atoms with E-state index in [2.05, 4.69) is 10.2 Å². The molecule has 0 aliphatic heterocycles. The molecule has 0 aromatic heterocycles. The van der Waals surface area contributed by atoms with Crippen molar-refractivity contribution in [2.24, 2.45) is 21.7 Å². The molecule has 0 atom stereocenters. The standard InChI is InChI=1S/C11H15ClN4O2/c1-3-18-10-8(12)4-7(5-9(10)17-2)6-15-16-11(13)14/h4-6H,3H2,1-2H3,(H4,13,14,16)/b15-6+. The lowest BCUT2D eigenvalue weighted by Gasteiger charge is -2.11. The topological polar surface area (TPSA) is 95.2 Å². The second-order valence-electron chi connectivity index (χ2n) is 3.24. The van der Waals surface area contributed by atoms with E-state index in [0.29, 0.717) is 28.7 Å². The van der Waals surface area contributed by atoms with Crippen LogP contribution in [0.25, 0.3) is 0 Å². The lowest BCUT2D eigenvalue weighted by Crippen LogP contribution is -2.21. The van der Waals surface area contributed by atoms with Crippen LogP contribution in [0.3, 0.4) is 0 Å². The zero-order chi connectivity index (χ0) is 13.5. The molecule has 1 aromatic rings. The number of guanidine groups is 1. The van der Waals surface area contributed by atoms with Crippen molar-refractivity contribution < 1.29 is 9.47 Å². The second-order valence-corrected chi connectivity index (χ2v) is 3.64. The second kappa shape index (κ2) is 6.70. The summed E-state index contributed by atoms with van der Waals surface area (Å²) < 4.78 is 10.6. The summed E-state index contributed by atoms with van der Waals surface area (Å²) in [4.78, 5) is 0. The highest BCUT2D eigenvalue weighted by Gasteiger charge is 2.10. The molecule has 1 aromatic carbocycles. The minimum Gasteiger partial charge on any atom is -0.493 e. The smallest absolute Gasteiger partial charge is 0.211 e. The van der Waals surface area contributed by atoms with Crippen LogP contribution in [0, 0.1) is 0 Å². The molecule has 0 aliphatic rings. The number of hydrogen-bond donors (Lipinski definition) is 2. The maximum Gasteiger partial charge on any atom is 0.211 e. The first kappa shape index (κ1) is 14.1. The van der Waals surface area contributed by atoms with Crippen molar-refractivity contribution in [2.45, 2.75) is 6.92 Å². The van der Waals surface area contributed by atoms with Crippen molar-refractivity contribution in [3.05, 3.63) is 22.7 Å². The zero-order valence-corrected chi connectivity index (χ0v) is 10.9.